The minimum absolute atomic E-state index is 0.714. The number of benzene rings is 1. The van der Waals surface area contributed by atoms with Crippen LogP contribution in [0, 0.1) is 6.92 Å². The van der Waals surface area contributed by atoms with Gasteiger partial charge in [-0.3, -0.25) is 0 Å². The highest BCUT2D eigenvalue weighted by Crippen LogP contribution is 2.43. The quantitative estimate of drug-likeness (QED) is 0.677. The Morgan fingerprint density at radius 1 is 1.29 bits per heavy atom. The molecule has 2 rings (SSSR count). The number of halogens is 1. The maximum atomic E-state index is 13.3. The summed E-state index contributed by atoms with van der Waals surface area (Å²) in [6.07, 6.45) is 2.27. The van der Waals surface area contributed by atoms with Crippen LogP contribution in [0.2, 0.25) is 0 Å². The van der Waals surface area contributed by atoms with Crippen LogP contribution in [-0.4, -0.2) is 11.4 Å². The van der Waals surface area contributed by atoms with E-state index >= 15 is 0 Å². The lowest BCUT2D eigenvalue weighted by atomic mass is 10.2. The molecule has 0 unspecified atom stereocenters. The van der Waals surface area contributed by atoms with Gasteiger partial charge in [0.05, 0.1) is 0 Å². The second-order valence-electron chi connectivity index (χ2n) is 4.06. The molecule has 2 heteroatoms. The average molecular weight is 210 g/mol. The van der Waals surface area contributed by atoms with Gasteiger partial charge in [0.1, 0.15) is 5.67 Å². The van der Waals surface area contributed by atoms with Gasteiger partial charge < -0.3 is 0 Å². The van der Waals surface area contributed by atoms with Crippen LogP contribution in [0.4, 0.5) is 4.39 Å². The summed E-state index contributed by atoms with van der Waals surface area (Å²) in [5.74, 6) is 0.902. The molecular formula is C12H15FS. The molecule has 0 aliphatic heterocycles. The minimum Gasteiger partial charge on any atom is -0.244 e. The maximum absolute atomic E-state index is 13.3. The van der Waals surface area contributed by atoms with Gasteiger partial charge >= 0.3 is 0 Å². The van der Waals surface area contributed by atoms with Crippen molar-refractivity contribution in [3.8, 4) is 0 Å². The van der Waals surface area contributed by atoms with Gasteiger partial charge in [-0.2, -0.15) is 0 Å². The highest BCUT2D eigenvalue weighted by atomic mass is 32.2. The molecule has 0 amide bonds. The molecule has 0 atom stereocenters. The van der Waals surface area contributed by atoms with Crippen LogP contribution in [0.25, 0.3) is 0 Å². The largest absolute Gasteiger partial charge is 0.244 e. The number of rotatable bonds is 4. The highest BCUT2D eigenvalue weighted by Gasteiger charge is 2.42. The lowest BCUT2D eigenvalue weighted by Gasteiger charge is -2.04. The monoisotopic (exact) mass is 210 g/mol. The standard InChI is InChI=1S/C12H15FS/c1-10-2-4-11(5-3-10)14-9-8-12(13)6-7-12/h2-5H,6-9H2,1H3. The predicted octanol–water partition coefficient (Wildman–Crippen LogP) is 3.98. The third kappa shape index (κ3) is 2.74. The van der Waals surface area contributed by atoms with Crippen LogP contribution in [0.3, 0.4) is 0 Å². The van der Waals surface area contributed by atoms with E-state index in [1.54, 1.807) is 11.8 Å². The van der Waals surface area contributed by atoms with Gasteiger partial charge in [-0.1, -0.05) is 17.7 Å². The predicted molar refractivity (Wildman–Crippen MR) is 59.6 cm³/mol. The van der Waals surface area contributed by atoms with E-state index in [2.05, 4.69) is 31.2 Å². The van der Waals surface area contributed by atoms with Crippen LogP contribution in [0.15, 0.2) is 29.2 Å². The molecule has 14 heavy (non-hydrogen) atoms. The molecule has 0 radical (unpaired) electrons. The van der Waals surface area contributed by atoms with Gasteiger partial charge in [-0.15, -0.1) is 11.8 Å². The zero-order valence-electron chi connectivity index (χ0n) is 8.42. The Balaban J connectivity index is 1.77. The van der Waals surface area contributed by atoms with Crippen molar-refractivity contribution >= 4 is 11.8 Å². The molecule has 76 valence electrons. The number of alkyl halides is 1. The van der Waals surface area contributed by atoms with Gasteiger partial charge in [-0.05, 0) is 38.3 Å². The Morgan fingerprint density at radius 3 is 2.50 bits per heavy atom. The molecule has 0 N–H and O–H groups in total. The first-order valence-corrected chi connectivity index (χ1v) is 6.05. The fourth-order valence-electron chi connectivity index (χ4n) is 1.37. The van der Waals surface area contributed by atoms with Gasteiger partial charge in [0.25, 0.3) is 0 Å². The molecule has 0 spiro atoms. The molecule has 0 bridgehead atoms. The smallest absolute Gasteiger partial charge is 0.112 e. The summed E-state index contributed by atoms with van der Waals surface area (Å²) in [4.78, 5) is 1.25. The fraction of sp³-hybridized carbons (Fsp3) is 0.500. The van der Waals surface area contributed by atoms with Gasteiger partial charge in [0, 0.05) is 10.6 Å². The van der Waals surface area contributed by atoms with Crippen LogP contribution in [-0.2, 0) is 0 Å². The summed E-state index contributed by atoms with van der Waals surface area (Å²) >= 11 is 1.76. The van der Waals surface area contributed by atoms with Gasteiger partial charge in [0.15, 0.2) is 0 Å². The number of hydrogen-bond donors (Lipinski definition) is 0. The van der Waals surface area contributed by atoms with Gasteiger partial charge in [0.2, 0.25) is 0 Å². The first-order chi connectivity index (χ1) is 6.68. The molecule has 1 aromatic rings. The summed E-state index contributed by atoms with van der Waals surface area (Å²) in [5, 5.41) is 0. The lowest BCUT2D eigenvalue weighted by molar-refractivity contribution is 0.302. The Morgan fingerprint density at radius 2 is 1.93 bits per heavy atom. The first kappa shape index (κ1) is 10.0. The SMILES string of the molecule is Cc1ccc(SCCC2(F)CC2)cc1. The van der Waals surface area contributed by atoms with E-state index in [1.807, 2.05) is 0 Å². The second kappa shape index (κ2) is 3.93. The Labute approximate surface area is 88.9 Å². The fourth-order valence-corrected chi connectivity index (χ4v) is 2.40. The third-order valence-corrected chi connectivity index (χ3v) is 3.65. The topological polar surface area (TPSA) is 0 Å². The van der Waals surface area contributed by atoms with Crippen molar-refractivity contribution in [1.29, 1.82) is 0 Å². The van der Waals surface area contributed by atoms with E-state index in [0.717, 1.165) is 18.6 Å². The Kier molecular flexibility index (Phi) is 2.82. The third-order valence-electron chi connectivity index (χ3n) is 2.63. The van der Waals surface area contributed by atoms with Crippen LogP contribution in [0.1, 0.15) is 24.8 Å². The van der Waals surface area contributed by atoms with Crippen LogP contribution >= 0.6 is 11.8 Å². The van der Waals surface area contributed by atoms with E-state index in [9.17, 15) is 4.39 Å². The first-order valence-electron chi connectivity index (χ1n) is 5.06. The zero-order chi connectivity index (χ0) is 10.0. The molecule has 0 heterocycles. The van der Waals surface area contributed by atoms with Crippen molar-refractivity contribution in [1.82, 2.24) is 0 Å². The number of hydrogen-bond acceptors (Lipinski definition) is 1. The number of aryl methyl sites for hydroxylation is 1. The van der Waals surface area contributed by atoms with E-state index in [-0.39, 0.29) is 0 Å². The molecule has 0 aromatic heterocycles. The van der Waals surface area contributed by atoms with Crippen molar-refractivity contribution in [3.05, 3.63) is 29.8 Å². The normalized spacial score (nSPS) is 18.1. The van der Waals surface area contributed by atoms with E-state index in [4.69, 9.17) is 0 Å². The highest BCUT2D eigenvalue weighted by molar-refractivity contribution is 7.99. The number of thioether (sulfide) groups is 1. The van der Waals surface area contributed by atoms with Crippen LogP contribution < -0.4 is 0 Å². The zero-order valence-corrected chi connectivity index (χ0v) is 9.24. The molecule has 1 aliphatic carbocycles. The van der Waals surface area contributed by atoms with Crippen molar-refractivity contribution in [2.75, 3.05) is 5.75 Å². The summed E-state index contributed by atoms with van der Waals surface area (Å²) in [6, 6.07) is 8.42. The van der Waals surface area contributed by atoms with Crippen molar-refractivity contribution < 1.29 is 4.39 Å². The Bertz CT molecular complexity index is 301. The summed E-state index contributed by atoms with van der Waals surface area (Å²) in [6.45, 7) is 2.08. The lowest BCUT2D eigenvalue weighted by Crippen LogP contribution is -1.99. The molecular weight excluding hydrogens is 195 g/mol. The average Bonchev–Trinajstić information content (AvgIpc) is 2.88. The Hall–Kier alpha value is -0.500. The maximum Gasteiger partial charge on any atom is 0.112 e. The summed E-state index contributed by atoms with van der Waals surface area (Å²) in [5.41, 5.74) is 0.482. The van der Waals surface area contributed by atoms with E-state index in [0.29, 0.717) is 6.42 Å². The molecule has 1 fully saturated rings. The van der Waals surface area contributed by atoms with Crippen molar-refractivity contribution in [2.45, 2.75) is 36.8 Å². The van der Waals surface area contributed by atoms with E-state index in [1.165, 1.54) is 10.5 Å². The summed E-state index contributed by atoms with van der Waals surface area (Å²) in [7, 11) is 0. The minimum atomic E-state index is -0.794. The molecule has 1 saturated carbocycles. The second-order valence-corrected chi connectivity index (χ2v) is 5.23. The molecule has 1 aliphatic rings. The van der Waals surface area contributed by atoms with Gasteiger partial charge in [-0.25, -0.2) is 4.39 Å². The molecule has 0 saturated heterocycles. The van der Waals surface area contributed by atoms with E-state index < -0.39 is 5.67 Å². The van der Waals surface area contributed by atoms with Crippen molar-refractivity contribution in [3.63, 3.8) is 0 Å². The summed E-state index contributed by atoms with van der Waals surface area (Å²) < 4.78 is 13.3. The van der Waals surface area contributed by atoms with Crippen molar-refractivity contribution in [2.24, 2.45) is 0 Å². The molecule has 1 aromatic carbocycles. The molecule has 0 nitrogen and oxygen atoms in total. The van der Waals surface area contributed by atoms with Crippen LogP contribution in [0.5, 0.6) is 0 Å².